The maximum absolute atomic E-state index is 10.7. The lowest BCUT2D eigenvalue weighted by Gasteiger charge is -2.22. The monoisotopic (exact) mass is 348 g/mol. The van der Waals surface area contributed by atoms with Crippen LogP contribution in [0.1, 0.15) is 28.4 Å². The van der Waals surface area contributed by atoms with Crippen molar-refractivity contribution in [1.29, 1.82) is 0 Å². The smallest absolute Gasteiger partial charge is 0.175 e. The molecule has 0 fully saturated rings. The third-order valence-corrected chi connectivity index (χ3v) is 4.24. The minimum absolute atomic E-state index is 0.530. The van der Waals surface area contributed by atoms with Crippen molar-refractivity contribution in [3.8, 4) is 11.5 Å². The number of ether oxygens (including phenoxy) is 2. The molecule has 1 unspecified atom stereocenters. The third kappa shape index (κ3) is 2.78. The Morgan fingerprint density at radius 3 is 2.62 bits per heavy atom. The van der Waals surface area contributed by atoms with Crippen LogP contribution in [0.4, 0.5) is 0 Å². The molecule has 0 saturated heterocycles. The van der Waals surface area contributed by atoms with Gasteiger partial charge in [0.15, 0.2) is 11.5 Å². The number of hydrogen-bond acceptors (Lipinski definition) is 3. The quantitative estimate of drug-likeness (QED) is 0.893. The van der Waals surface area contributed by atoms with Crippen molar-refractivity contribution in [2.75, 3.05) is 13.2 Å². The molecule has 3 rings (SSSR count). The van der Waals surface area contributed by atoms with E-state index in [0.29, 0.717) is 24.7 Å². The maximum atomic E-state index is 10.7. The second kappa shape index (κ2) is 5.70. The van der Waals surface area contributed by atoms with Crippen molar-refractivity contribution in [3.05, 3.63) is 57.1 Å². The van der Waals surface area contributed by atoms with Crippen molar-refractivity contribution < 1.29 is 14.6 Å². The first-order valence-corrected chi connectivity index (χ1v) is 7.70. The number of halogens is 1. The Hall–Kier alpha value is -1.52. The fourth-order valence-electron chi connectivity index (χ4n) is 2.60. The Kier molecular flexibility index (Phi) is 3.91. The van der Waals surface area contributed by atoms with Crippen LogP contribution in [-0.2, 0) is 0 Å². The first kappa shape index (κ1) is 14.4. The zero-order valence-electron chi connectivity index (χ0n) is 12.0. The van der Waals surface area contributed by atoms with Crippen LogP contribution in [0.3, 0.4) is 0 Å². The van der Waals surface area contributed by atoms with Gasteiger partial charge in [0.25, 0.3) is 0 Å². The van der Waals surface area contributed by atoms with Gasteiger partial charge in [0.05, 0.1) is 4.47 Å². The van der Waals surface area contributed by atoms with E-state index in [2.05, 4.69) is 22.0 Å². The van der Waals surface area contributed by atoms with Gasteiger partial charge in [0, 0.05) is 0 Å². The highest BCUT2D eigenvalue weighted by atomic mass is 79.9. The Balaban J connectivity index is 2.01. The van der Waals surface area contributed by atoms with E-state index < -0.39 is 6.10 Å². The van der Waals surface area contributed by atoms with Crippen molar-refractivity contribution in [2.45, 2.75) is 20.0 Å². The van der Waals surface area contributed by atoms with Crippen LogP contribution < -0.4 is 9.47 Å². The SMILES string of the molecule is Cc1ccc(C(O)c2cc(Br)c3c(c2)OCCO3)c(C)c1. The molecule has 1 atom stereocenters. The molecule has 0 aromatic heterocycles. The van der Waals surface area contributed by atoms with Gasteiger partial charge >= 0.3 is 0 Å². The van der Waals surface area contributed by atoms with Gasteiger partial charge in [-0.05, 0) is 58.6 Å². The number of benzene rings is 2. The molecule has 1 heterocycles. The van der Waals surface area contributed by atoms with Crippen LogP contribution in [0.2, 0.25) is 0 Å². The van der Waals surface area contributed by atoms with E-state index >= 15 is 0 Å². The molecular weight excluding hydrogens is 332 g/mol. The van der Waals surface area contributed by atoms with E-state index in [1.54, 1.807) is 0 Å². The molecule has 1 N–H and O–H groups in total. The van der Waals surface area contributed by atoms with Crippen LogP contribution >= 0.6 is 15.9 Å². The fourth-order valence-corrected chi connectivity index (χ4v) is 3.17. The van der Waals surface area contributed by atoms with Crippen LogP contribution in [0.5, 0.6) is 11.5 Å². The summed E-state index contributed by atoms with van der Waals surface area (Å²) in [5.74, 6) is 1.38. The molecular formula is C17H17BrO3. The molecule has 0 aliphatic carbocycles. The predicted molar refractivity (Wildman–Crippen MR) is 85.1 cm³/mol. The molecule has 0 spiro atoms. The van der Waals surface area contributed by atoms with Gasteiger partial charge in [-0.25, -0.2) is 0 Å². The molecule has 0 radical (unpaired) electrons. The number of aliphatic hydroxyl groups excluding tert-OH is 1. The second-order valence-corrected chi connectivity index (χ2v) is 6.14. The Labute approximate surface area is 132 Å². The molecule has 4 heteroatoms. The lowest BCUT2D eigenvalue weighted by atomic mass is 9.96. The summed E-state index contributed by atoms with van der Waals surface area (Å²) in [6.07, 6.45) is -0.683. The molecule has 2 aromatic carbocycles. The highest BCUT2D eigenvalue weighted by Gasteiger charge is 2.20. The number of aryl methyl sites for hydroxylation is 2. The lowest BCUT2D eigenvalue weighted by molar-refractivity contribution is 0.168. The van der Waals surface area contributed by atoms with Gasteiger partial charge in [-0.3, -0.25) is 0 Å². The number of fused-ring (bicyclic) bond motifs is 1. The van der Waals surface area contributed by atoms with E-state index in [0.717, 1.165) is 21.2 Å². The summed E-state index contributed by atoms with van der Waals surface area (Å²) in [5, 5.41) is 10.7. The topological polar surface area (TPSA) is 38.7 Å². The van der Waals surface area contributed by atoms with Gasteiger partial charge < -0.3 is 14.6 Å². The molecule has 2 aromatic rings. The summed E-state index contributed by atoms with van der Waals surface area (Å²) >= 11 is 3.49. The van der Waals surface area contributed by atoms with Gasteiger partial charge in [-0.2, -0.15) is 0 Å². The van der Waals surface area contributed by atoms with E-state index in [1.807, 2.05) is 38.1 Å². The van der Waals surface area contributed by atoms with E-state index in [4.69, 9.17) is 9.47 Å². The average Bonchev–Trinajstić information content (AvgIpc) is 2.46. The van der Waals surface area contributed by atoms with Gasteiger partial charge in [0.2, 0.25) is 0 Å². The predicted octanol–water partition coefficient (Wildman–Crippen LogP) is 3.92. The Bertz CT molecular complexity index is 682. The molecule has 1 aliphatic rings. The van der Waals surface area contributed by atoms with Gasteiger partial charge in [-0.1, -0.05) is 23.8 Å². The largest absolute Gasteiger partial charge is 0.486 e. The van der Waals surface area contributed by atoms with E-state index in [1.165, 1.54) is 5.56 Å². The van der Waals surface area contributed by atoms with Gasteiger partial charge in [-0.15, -0.1) is 0 Å². The zero-order valence-corrected chi connectivity index (χ0v) is 13.6. The first-order valence-electron chi connectivity index (χ1n) is 6.90. The first-order chi connectivity index (χ1) is 10.1. The molecule has 0 amide bonds. The summed E-state index contributed by atoms with van der Waals surface area (Å²) in [6.45, 7) is 5.13. The van der Waals surface area contributed by atoms with Crippen LogP contribution in [0, 0.1) is 13.8 Å². The minimum Gasteiger partial charge on any atom is -0.486 e. The summed E-state index contributed by atoms with van der Waals surface area (Å²) in [6, 6.07) is 9.80. The van der Waals surface area contributed by atoms with Crippen LogP contribution in [0.15, 0.2) is 34.8 Å². The normalized spacial score (nSPS) is 14.9. The molecule has 0 saturated carbocycles. The molecule has 3 nitrogen and oxygen atoms in total. The number of rotatable bonds is 2. The summed E-state index contributed by atoms with van der Waals surface area (Å²) in [5.41, 5.74) is 3.96. The highest BCUT2D eigenvalue weighted by Crippen LogP contribution is 2.41. The van der Waals surface area contributed by atoms with E-state index in [-0.39, 0.29) is 0 Å². The fraction of sp³-hybridized carbons (Fsp3) is 0.294. The summed E-state index contributed by atoms with van der Waals surface area (Å²) < 4.78 is 12.0. The van der Waals surface area contributed by atoms with Gasteiger partial charge in [0.1, 0.15) is 19.3 Å². The second-order valence-electron chi connectivity index (χ2n) is 5.29. The number of aliphatic hydroxyl groups is 1. The average molecular weight is 349 g/mol. The number of hydrogen-bond donors (Lipinski definition) is 1. The van der Waals surface area contributed by atoms with Crippen molar-refractivity contribution in [1.82, 2.24) is 0 Å². The highest BCUT2D eigenvalue weighted by molar-refractivity contribution is 9.10. The molecule has 0 bridgehead atoms. The van der Waals surface area contributed by atoms with Crippen molar-refractivity contribution in [2.24, 2.45) is 0 Å². The third-order valence-electron chi connectivity index (χ3n) is 3.65. The van der Waals surface area contributed by atoms with Crippen LogP contribution in [-0.4, -0.2) is 18.3 Å². The van der Waals surface area contributed by atoms with Crippen molar-refractivity contribution >= 4 is 15.9 Å². The molecule has 1 aliphatic heterocycles. The minimum atomic E-state index is -0.683. The zero-order chi connectivity index (χ0) is 15.0. The van der Waals surface area contributed by atoms with E-state index in [9.17, 15) is 5.11 Å². The Morgan fingerprint density at radius 2 is 1.86 bits per heavy atom. The summed E-state index contributed by atoms with van der Waals surface area (Å²) in [7, 11) is 0. The summed E-state index contributed by atoms with van der Waals surface area (Å²) in [4.78, 5) is 0. The lowest BCUT2D eigenvalue weighted by Crippen LogP contribution is -2.16. The van der Waals surface area contributed by atoms with Crippen LogP contribution in [0.25, 0.3) is 0 Å². The van der Waals surface area contributed by atoms with Crippen molar-refractivity contribution in [3.63, 3.8) is 0 Å². The molecule has 21 heavy (non-hydrogen) atoms. The maximum Gasteiger partial charge on any atom is 0.175 e. The molecule has 110 valence electrons. The standard InChI is InChI=1S/C17H17BrO3/c1-10-3-4-13(11(2)7-10)16(19)12-8-14(18)17-15(9-12)20-5-6-21-17/h3-4,7-9,16,19H,5-6H2,1-2H3. The Morgan fingerprint density at radius 1 is 1.10 bits per heavy atom.